The topological polar surface area (TPSA) is 190 Å². The van der Waals surface area contributed by atoms with Crippen LogP contribution in [0.4, 0.5) is 4.79 Å². The van der Waals surface area contributed by atoms with Gasteiger partial charge in [0.2, 0.25) is 5.91 Å². The Balaban J connectivity index is 1.82. The van der Waals surface area contributed by atoms with E-state index in [1.165, 1.54) is 45.1 Å². The van der Waals surface area contributed by atoms with Gasteiger partial charge in [0, 0.05) is 22.9 Å². The lowest BCUT2D eigenvalue weighted by Crippen LogP contribution is -2.69. The summed E-state index contributed by atoms with van der Waals surface area (Å²) in [5.41, 5.74) is 9.11. The monoisotopic (exact) mass is 696 g/mol. The van der Waals surface area contributed by atoms with Crippen LogP contribution >= 0.6 is 39.6 Å². The average molecular weight is 698 g/mol. The van der Waals surface area contributed by atoms with Crippen molar-refractivity contribution in [2.24, 2.45) is 5.11 Å². The number of nitrogens with zero attached hydrogens (tertiary/aromatic N) is 4. The van der Waals surface area contributed by atoms with E-state index in [2.05, 4.69) is 57.0 Å². The highest BCUT2D eigenvalue weighted by Crippen LogP contribution is 2.46. The quantitative estimate of drug-likeness (QED) is 0.0863. The highest BCUT2D eigenvalue weighted by molar-refractivity contribution is 9.10. The summed E-state index contributed by atoms with van der Waals surface area (Å²) in [6.07, 6.45) is -3.04. The van der Waals surface area contributed by atoms with Gasteiger partial charge in [-0.3, -0.25) is 24.3 Å². The molecule has 3 amide bonds. The van der Waals surface area contributed by atoms with Crippen LogP contribution in [-0.2, 0) is 32.9 Å². The van der Waals surface area contributed by atoms with Crippen molar-refractivity contribution in [2.75, 3.05) is 20.8 Å². The predicted octanol–water partition coefficient (Wildman–Crippen LogP) is 3.58. The van der Waals surface area contributed by atoms with Crippen molar-refractivity contribution < 1.29 is 42.2 Å². The number of carbonyl (C=O) groups excluding carboxylic acids is 3. The molecule has 2 aliphatic heterocycles. The Hall–Kier alpha value is -2.23. The summed E-state index contributed by atoms with van der Waals surface area (Å²) in [6, 6.07) is 3.68. The summed E-state index contributed by atoms with van der Waals surface area (Å²) >= 11 is 6.60. The molecule has 0 saturated carbocycles. The summed E-state index contributed by atoms with van der Waals surface area (Å²) in [4.78, 5) is 41.1. The number of ether oxygens (including phenoxy) is 3. The molecule has 0 aromatic heterocycles. The van der Waals surface area contributed by atoms with Crippen molar-refractivity contribution in [3.8, 4) is 5.75 Å². The molecule has 3 rings (SSSR count). The van der Waals surface area contributed by atoms with E-state index in [4.69, 9.17) is 24.1 Å². The molecule has 2 aliphatic rings. The number of hydrogen-bond donors (Lipinski definition) is 2. The van der Waals surface area contributed by atoms with Gasteiger partial charge >= 0.3 is 19.7 Å². The average Bonchev–Trinajstić information content (AvgIpc) is 3.28. The third-order valence-electron chi connectivity index (χ3n) is 5.91. The van der Waals surface area contributed by atoms with Crippen LogP contribution < -0.4 is 14.9 Å². The number of benzene rings is 1. The zero-order valence-corrected chi connectivity index (χ0v) is 25.3. The molecule has 1 aromatic carbocycles. The maximum atomic E-state index is 13.7. The van der Waals surface area contributed by atoms with E-state index in [0.29, 0.717) is 0 Å². The maximum Gasteiger partial charge on any atom is 0.459 e. The van der Waals surface area contributed by atoms with Gasteiger partial charge in [-0.05, 0) is 43.6 Å². The molecule has 214 valence electrons. The van der Waals surface area contributed by atoms with Crippen LogP contribution in [0, 0.1) is 0 Å². The van der Waals surface area contributed by atoms with Gasteiger partial charge in [0.25, 0.3) is 0 Å². The van der Waals surface area contributed by atoms with Gasteiger partial charge in [0.1, 0.15) is 22.3 Å². The number of methoxy groups -OCH3 is 2. The van der Waals surface area contributed by atoms with Gasteiger partial charge in [-0.2, -0.15) is 5.09 Å². The normalized spacial score (nSPS) is 29.1. The van der Waals surface area contributed by atoms with Crippen molar-refractivity contribution in [2.45, 2.75) is 55.2 Å². The number of urea groups is 1. The summed E-state index contributed by atoms with van der Waals surface area (Å²) < 4.78 is 40.5. The fourth-order valence-corrected chi connectivity index (χ4v) is 6.24. The van der Waals surface area contributed by atoms with Gasteiger partial charge < -0.3 is 18.7 Å². The van der Waals surface area contributed by atoms with Gasteiger partial charge in [0.05, 0.1) is 25.9 Å². The standard InChI is InChI=1S/C21H27Br2N6O9P/c1-11(17(30)34-3)27-39(33,38-13-7-5-12(22)6-8-13)36-10-15-14(26-28-24)9-16(37-15)29-19(35-4)21(2,23)18(31)25-20(29)32/h5-8,11,14-16,19H,9-10H2,1-4H3,(H,27,33)(H,25,31,32)/t11-,14-,15+,16+,19?,21?,39?/m0/s1. The van der Waals surface area contributed by atoms with E-state index in [9.17, 15) is 18.9 Å². The van der Waals surface area contributed by atoms with Crippen LogP contribution in [0.25, 0.3) is 10.4 Å². The zero-order valence-electron chi connectivity index (χ0n) is 21.3. The Kier molecular flexibility index (Phi) is 10.4. The number of carbonyl (C=O) groups is 3. The van der Waals surface area contributed by atoms with Crippen LogP contribution in [0.3, 0.4) is 0 Å². The molecule has 39 heavy (non-hydrogen) atoms. The number of nitrogens with one attached hydrogen (secondary N) is 2. The second-order valence-electron chi connectivity index (χ2n) is 8.68. The molecule has 0 spiro atoms. The maximum absolute atomic E-state index is 13.7. The lowest BCUT2D eigenvalue weighted by Gasteiger charge is -2.44. The fraction of sp³-hybridized carbons (Fsp3) is 0.571. The fourth-order valence-electron chi connectivity index (χ4n) is 3.97. The molecule has 0 radical (unpaired) electrons. The first-order valence-corrected chi connectivity index (χ1v) is 14.6. The van der Waals surface area contributed by atoms with Gasteiger partial charge in [0.15, 0.2) is 6.23 Å². The molecule has 15 nitrogen and oxygen atoms in total. The molecule has 3 unspecified atom stereocenters. The van der Waals surface area contributed by atoms with E-state index < -0.39 is 67.2 Å². The van der Waals surface area contributed by atoms with Crippen molar-refractivity contribution in [3.63, 3.8) is 0 Å². The smallest absolute Gasteiger partial charge is 0.459 e. The third kappa shape index (κ3) is 7.30. The van der Waals surface area contributed by atoms with E-state index in [1.807, 2.05) is 0 Å². The molecule has 1 aromatic rings. The largest absolute Gasteiger partial charge is 0.468 e. The van der Waals surface area contributed by atoms with Crippen LogP contribution in [-0.4, -0.2) is 78.6 Å². The number of alkyl halides is 1. The molecular formula is C21H27Br2N6O9P. The molecule has 0 bridgehead atoms. The van der Waals surface area contributed by atoms with Crippen molar-refractivity contribution in [3.05, 3.63) is 39.2 Å². The molecular weight excluding hydrogens is 671 g/mol. The van der Waals surface area contributed by atoms with E-state index >= 15 is 0 Å². The van der Waals surface area contributed by atoms with Crippen molar-refractivity contribution in [1.82, 2.24) is 15.3 Å². The number of azide groups is 1. The number of imide groups is 1. The molecule has 18 heteroatoms. The van der Waals surface area contributed by atoms with Gasteiger partial charge in [-0.1, -0.05) is 37.0 Å². The minimum atomic E-state index is -4.24. The van der Waals surface area contributed by atoms with Crippen molar-refractivity contribution in [1.29, 1.82) is 0 Å². The Bertz CT molecular complexity index is 1180. The first kappa shape index (κ1) is 31.3. The molecule has 2 N–H and O–H groups in total. The Labute approximate surface area is 240 Å². The molecule has 0 aliphatic carbocycles. The van der Waals surface area contributed by atoms with Crippen LogP contribution in [0.1, 0.15) is 20.3 Å². The Morgan fingerprint density at radius 3 is 2.64 bits per heavy atom. The Morgan fingerprint density at radius 2 is 2.05 bits per heavy atom. The molecule has 2 saturated heterocycles. The van der Waals surface area contributed by atoms with Crippen LogP contribution in [0.2, 0.25) is 0 Å². The highest BCUT2D eigenvalue weighted by Gasteiger charge is 2.54. The minimum Gasteiger partial charge on any atom is -0.468 e. The number of amides is 3. The van der Waals surface area contributed by atoms with E-state index in [-0.39, 0.29) is 12.2 Å². The number of halogens is 2. The van der Waals surface area contributed by atoms with Gasteiger partial charge in [-0.15, -0.1) is 0 Å². The SMILES string of the molecule is COC(=O)[C@H](C)NP(=O)(OC[C@H]1O[C@@H](N2C(=O)NC(=O)C(C)(Br)C2OC)C[C@@H]1N=[N+]=[N-])Oc1ccc(Br)cc1. The second kappa shape index (κ2) is 13.0. The highest BCUT2D eigenvalue weighted by atomic mass is 79.9. The Morgan fingerprint density at radius 1 is 1.38 bits per heavy atom. The summed E-state index contributed by atoms with van der Waals surface area (Å²) in [5.74, 6) is -1.13. The summed E-state index contributed by atoms with van der Waals surface area (Å²) in [5, 5.41) is 8.49. The first-order valence-electron chi connectivity index (χ1n) is 11.5. The summed E-state index contributed by atoms with van der Waals surface area (Å²) in [6.45, 7) is 2.52. The minimum absolute atomic E-state index is 0.0203. The number of hydrogen-bond acceptors (Lipinski definition) is 10. The second-order valence-corrected chi connectivity index (χ2v) is 12.9. The van der Waals surface area contributed by atoms with Crippen LogP contribution in [0.5, 0.6) is 5.75 Å². The third-order valence-corrected chi connectivity index (χ3v) is 8.83. The van der Waals surface area contributed by atoms with Gasteiger partial charge in [-0.25, -0.2) is 9.36 Å². The molecule has 2 fully saturated rings. The van der Waals surface area contributed by atoms with Crippen molar-refractivity contribution >= 4 is 57.5 Å². The lowest BCUT2D eigenvalue weighted by molar-refractivity contribution is -0.152. The van der Waals surface area contributed by atoms with E-state index in [1.54, 1.807) is 12.1 Å². The number of rotatable bonds is 11. The van der Waals surface area contributed by atoms with Crippen LogP contribution in [0.15, 0.2) is 33.9 Å². The zero-order chi connectivity index (χ0) is 29.0. The number of esters is 1. The molecule has 7 atom stereocenters. The summed E-state index contributed by atoms with van der Waals surface area (Å²) in [7, 11) is -1.74. The van der Waals surface area contributed by atoms with E-state index in [0.717, 1.165) is 4.47 Å². The molecule has 2 heterocycles. The first-order chi connectivity index (χ1) is 18.3. The predicted molar refractivity (Wildman–Crippen MR) is 143 cm³/mol. The lowest BCUT2D eigenvalue weighted by atomic mass is 10.0.